The number of rotatable bonds is 2. The molecule has 1 N–H and O–H groups in total. The van der Waals surface area contributed by atoms with Crippen LogP contribution in [0.25, 0.3) is 0 Å². The first-order chi connectivity index (χ1) is 7.68. The van der Waals surface area contributed by atoms with E-state index in [1.54, 1.807) is 0 Å². The summed E-state index contributed by atoms with van der Waals surface area (Å²) in [6.07, 6.45) is 2.77. The van der Waals surface area contributed by atoms with Crippen molar-refractivity contribution >= 4 is 0 Å². The van der Waals surface area contributed by atoms with Gasteiger partial charge in [0.05, 0.1) is 6.10 Å². The normalized spacial score (nSPS) is 33.6. The fourth-order valence-corrected chi connectivity index (χ4v) is 3.29. The molecule has 16 heavy (non-hydrogen) atoms. The molecule has 0 saturated heterocycles. The lowest BCUT2D eigenvalue weighted by Crippen LogP contribution is -2.07. The predicted molar refractivity (Wildman–Crippen MR) is 55.6 cm³/mol. The van der Waals surface area contributed by atoms with Crippen LogP contribution in [0.5, 0.6) is 0 Å². The molecule has 0 heterocycles. The van der Waals surface area contributed by atoms with E-state index in [1.807, 2.05) is 0 Å². The van der Waals surface area contributed by atoms with Crippen LogP contribution in [-0.4, -0.2) is 5.11 Å². The summed E-state index contributed by atoms with van der Waals surface area (Å²) in [5.41, 5.74) is 0.251. The smallest absolute Gasteiger partial charge is 0.131 e. The first-order valence-electron chi connectivity index (χ1n) is 5.81. The van der Waals surface area contributed by atoms with E-state index in [-0.39, 0.29) is 11.5 Å². The van der Waals surface area contributed by atoms with Crippen LogP contribution in [0, 0.1) is 29.4 Å². The van der Waals surface area contributed by atoms with Crippen LogP contribution in [0.4, 0.5) is 8.78 Å². The average Bonchev–Trinajstić information content (AvgIpc) is 2.71. The van der Waals surface area contributed by atoms with Crippen LogP contribution in [-0.2, 0) is 0 Å². The van der Waals surface area contributed by atoms with Crippen molar-refractivity contribution in [3.05, 3.63) is 35.4 Å². The Morgan fingerprint density at radius 1 is 1.19 bits per heavy atom. The van der Waals surface area contributed by atoms with Crippen LogP contribution >= 0.6 is 0 Å². The third kappa shape index (κ3) is 1.46. The minimum absolute atomic E-state index is 0.203. The number of halogens is 2. The number of fused-ring (bicyclic) bond motifs is 1. The Hall–Kier alpha value is -0.960. The fourth-order valence-electron chi connectivity index (χ4n) is 3.29. The first kappa shape index (κ1) is 10.2. The van der Waals surface area contributed by atoms with E-state index in [9.17, 15) is 13.9 Å². The lowest BCUT2D eigenvalue weighted by molar-refractivity contribution is 0.133. The van der Waals surface area contributed by atoms with E-state index in [4.69, 9.17) is 0 Å². The molecule has 0 aliphatic heterocycles. The highest BCUT2D eigenvalue weighted by atomic mass is 19.1. The quantitative estimate of drug-likeness (QED) is 0.818. The Morgan fingerprint density at radius 2 is 1.88 bits per heavy atom. The molecule has 0 aromatic heterocycles. The molecule has 2 aliphatic carbocycles. The highest BCUT2D eigenvalue weighted by Crippen LogP contribution is 2.62. The highest BCUT2D eigenvalue weighted by Gasteiger charge is 2.56. The molecule has 0 radical (unpaired) electrons. The number of hydrogen-bond acceptors (Lipinski definition) is 1. The van der Waals surface area contributed by atoms with Gasteiger partial charge >= 0.3 is 0 Å². The summed E-state index contributed by atoms with van der Waals surface area (Å²) in [7, 11) is 0. The van der Waals surface area contributed by atoms with Crippen molar-refractivity contribution in [2.45, 2.75) is 25.4 Å². The monoisotopic (exact) mass is 224 g/mol. The lowest BCUT2D eigenvalue weighted by Gasteiger charge is -2.13. The molecule has 2 saturated carbocycles. The second kappa shape index (κ2) is 3.52. The van der Waals surface area contributed by atoms with Crippen molar-refractivity contribution in [1.29, 1.82) is 0 Å². The average molecular weight is 224 g/mol. The van der Waals surface area contributed by atoms with E-state index in [0.29, 0.717) is 11.8 Å². The third-order valence-electron chi connectivity index (χ3n) is 4.12. The SMILES string of the molecule is OC(c1ccc(F)cc1F)C1C2CCCC21. The number of benzene rings is 1. The Balaban J connectivity index is 1.82. The van der Waals surface area contributed by atoms with Gasteiger partial charge in [0.15, 0.2) is 0 Å². The van der Waals surface area contributed by atoms with Crippen molar-refractivity contribution in [3.8, 4) is 0 Å². The van der Waals surface area contributed by atoms with Gasteiger partial charge in [-0.15, -0.1) is 0 Å². The van der Waals surface area contributed by atoms with Gasteiger partial charge in [0, 0.05) is 11.6 Å². The van der Waals surface area contributed by atoms with Crippen molar-refractivity contribution in [3.63, 3.8) is 0 Å². The molecular weight excluding hydrogens is 210 g/mol. The van der Waals surface area contributed by atoms with Crippen LogP contribution in [0.1, 0.15) is 30.9 Å². The van der Waals surface area contributed by atoms with Gasteiger partial charge < -0.3 is 5.11 Å². The molecule has 0 amide bonds. The lowest BCUT2D eigenvalue weighted by atomic mass is 9.99. The van der Waals surface area contributed by atoms with Gasteiger partial charge in [0.25, 0.3) is 0 Å². The summed E-state index contributed by atoms with van der Waals surface area (Å²) in [6, 6.07) is 3.42. The summed E-state index contributed by atoms with van der Waals surface area (Å²) in [5, 5.41) is 10.1. The number of aliphatic hydroxyl groups is 1. The summed E-state index contributed by atoms with van der Waals surface area (Å²) in [5.74, 6) is 0.120. The minimum Gasteiger partial charge on any atom is -0.388 e. The van der Waals surface area contributed by atoms with E-state index < -0.39 is 17.7 Å². The van der Waals surface area contributed by atoms with Gasteiger partial charge in [-0.25, -0.2) is 8.78 Å². The van der Waals surface area contributed by atoms with Crippen molar-refractivity contribution in [1.82, 2.24) is 0 Å². The molecule has 0 spiro atoms. The zero-order chi connectivity index (χ0) is 11.3. The first-order valence-corrected chi connectivity index (χ1v) is 5.81. The largest absolute Gasteiger partial charge is 0.388 e. The van der Waals surface area contributed by atoms with Crippen LogP contribution < -0.4 is 0 Å². The van der Waals surface area contributed by atoms with E-state index in [1.165, 1.54) is 18.6 Å². The second-order valence-electron chi connectivity index (χ2n) is 4.95. The maximum atomic E-state index is 13.5. The molecule has 1 aromatic rings. The Labute approximate surface area is 93.1 Å². The summed E-state index contributed by atoms with van der Waals surface area (Å²) in [4.78, 5) is 0. The topological polar surface area (TPSA) is 20.2 Å². The highest BCUT2D eigenvalue weighted by molar-refractivity contribution is 5.24. The maximum absolute atomic E-state index is 13.5. The molecule has 3 atom stereocenters. The van der Waals surface area contributed by atoms with Crippen LogP contribution in [0.2, 0.25) is 0 Å². The maximum Gasteiger partial charge on any atom is 0.131 e. The van der Waals surface area contributed by atoms with Gasteiger partial charge in [0.2, 0.25) is 0 Å². The van der Waals surface area contributed by atoms with Gasteiger partial charge in [-0.2, -0.15) is 0 Å². The minimum atomic E-state index is -0.754. The predicted octanol–water partition coefficient (Wildman–Crippen LogP) is 3.04. The Bertz CT molecular complexity index is 408. The standard InChI is InChI=1S/C13H14F2O/c14-7-4-5-10(11(15)6-7)13(16)12-8-2-1-3-9(8)12/h4-6,8-9,12-13,16H,1-3H2. The molecule has 2 fully saturated rings. The molecule has 3 heteroatoms. The molecule has 86 valence electrons. The summed E-state index contributed by atoms with van der Waals surface area (Å²) < 4.78 is 26.2. The molecule has 3 unspecified atom stereocenters. The molecule has 1 nitrogen and oxygen atoms in total. The molecule has 1 aromatic carbocycles. The molecule has 0 bridgehead atoms. The zero-order valence-electron chi connectivity index (χ0n) is 8.87. The van der Waals surface area contributed by atoms with E-state index in [2.05, 4.69) is 0 Å². The zero-order valence-corrected chi connectivity index (χ0v) is 8.87. The Kier molecular flexibility index (Phi) is 2.25. The third-order valence-corrected chi connectivity index (χ3v) is 4.12. The molecule has 3 rings (SSSR count). The van der Waals surface area contributed by atoms with Crippen molar-refractivity contribution in [2.24, 2.45) is 17.8 Å². The summed E-state index contributed by atoms with van der Waals surface area (Å²) in [6.45, 7) is 0. The molecule has 2 aliphatic rings. The van der Waals surface area contributed by atoms with Gasteiger partial charge in [-0.05, 0) is 36.7 Å². The number of aliphatic hydroxyl groups excluding tert-OH is 1. The number of hydrogen-bond donors (Lipinski definition) is 1. The fraction of sp³-hybridized carbons (Fsp3) is 0.538. The van der Waals surface area contributed by atoms with Gasteiger partial charge in [-0.3, -0.25) is 0 Å². The van der Waals surface area contributed by atoms with Gasteiger partial charge in [-0.1, -0.05) is 12.5 Å². The van der Waals surface area contributed by atoms with Crippen molar-refractivity contribution in [2.75, 3.05) is 0 Å². The van der Waals surface area contributed by atoms with E-state index in [0.717, 1.165) is 18.9 Å². The van der Waals surface area contributed by atoms with Gasteiger partial charge in [0.1, 0.15) is 11.6 Å². The van der Waals surface area contributed by atoms with Crippen molar-refractivity contribution < 1.29 is 13.9 Å². The van der Waals surface area contributed by atoms with Crippen LogP contribution in [0.15, 0.2) is 18.2 Å². The summed E-state index contributed by atoms with van der Waals surface area (Å²) >= 11 is 0. The van der Waals surface area contributed by atoms with E-state index >= 15 is 0 Å². The Morgan fingerprint density at radius 3 is 2.50 bits per heavy atom. The molecular formula is C13H14F2O. The van der Waals surface area contributed by atoms with Crippen LogP contribution in [0.3, 0.4) is 0 Å². The second-order valence-corrected chi connectivity index (χ2v) is 4.95.